The molecule has 9 heteroatoms. The third-order valence-corrected chi connectivity index (χ3v) is 7.84. The molecule has 4 aromatic rings. The van der Waals surface area contributed by atoms with Crippen molar-refractivity contribution >= 4 is 49.0 Å². The van der Waals surface area contributed by atoms with Crippen LogP contribution in [0.1, 0.15) is 22.2 Å². The Bertz CT molecular complexity index is 1350. The number of benzene rings is 3. The summed E-state index contributed by atoms with van der Waals surface area (Å²) in [6, 6.07) is 20.2. The summed E-state index contributed by atoms with van der Waals surface area (Å²) in [6.45, 7) is 0. The summed E-state index contributed by atoms with van der Waals surface area (Å²) in [4.78, 5) is 4.82. The molecule has 158 valence electrons. The van der Waals surface area contributed by atoms with Crippen molar-refractivity contribution in [1.82, 2.24) is 9.71 Å². The fraction of sp³-hybridized carbons (Fsp3) is 0.0909. The molecule has 0 radical (unpaired) electrons. The van der Waals surface area contributed by atoms with E-state index < -0.39 is 16.1 Å². The summed E-state index contributed by atoms with van der Waals surface area (Å²) in [5.74, 6) is -0.0463. The van der Waals surface area contributed by atoms with E-state index in [4.69, 9.17) is 22.7 Å². The summed E-state index contributed by atoms with van der Waals surface area (Å²) in [5.41, 5.74) is 7.74. The molecule has 1 aromatic heterocycles. The first kappa shape index (κ1) is 21.5. The van der Waals surface area contributed by atoms with Crippen LogP contribution in [0.25, 0.3) is 10.2 Å². The molecule has 1 heterocycles. The van der Waals surface area contributed by atoms with E-state index in [0.717, 1.165) is 10.3 Å². The van der Waals surface area contributed by atoms with Gasteiger partial charge in [0.05, 0.1) is 26.2 Å². The Balaban J connectivity index is 1.75. The maximum absolute atomic E-state index is 13.0. The number of halogens is 1. The number of hydrogen-bond acceptors (Lipinski definition) is 5. The van der Waals surface area contributed by atoms with E-state index in [1.54, 1.807) is 54.6 Å². The van der Waals surface area contributed by atoms with Gasteiger partial charge in [0, 0.05) is 5.56 Å². The lowest BCUT2D eigenvalue weighted by atomic mass is 10.0. The summed E-state index contributed by atoms with van der Waals surface area (Å²) in [5, 5.41) is 8.85. The van der Waals surface area contributed by atoms with Gasteiger partial charge in [-0.05, 0) is 42.3 Å². The molecule has 0 saturated carbocycles. The average Bonchev–Trinajstić information content (AvgIpc) is 3.20. The van der Waals surface area contributed by atoms with E-state index in [1.165, 1.54) is 11.3 Å². The minimum atomic E-state index is -3.79. The smallest absolute Gasteiger partial charge is 0.241 e. The number of fused-ring (bicyclic) bond motifs is 1. The van der Waals surface area contributed by atoms with Crippen LogP contribution in [-0.4, -0.2) is 19.2 Å². The molecule has 0 bridgehead atoms. The number of nitrogen functional groups attached to an aromatic ring is 1. The van der Waals surface area contributed by atoms with Crippen molar-refractivity contribution in [3.8, 4) is 0 Å². The van der Waals surface area contributed by atoms with Crippen molar-refractivity contribution in [3.63, 3.8) is 0 Å². The minimum Gasteiger partial charge on any atom is -0.384 e. The first-order valence-electron chi connectivity index (χ1n) is 9.39. The van der Waals surface area contributed by atoms with E-state index >= 15 is 0 Å². The van der Waals surface area contributed by atoms with Crippen molar-refractivity contribution in [2.75, 3.05) is 0 Å². The fourth-order valence-electron chi connectivity index (χ4n) is 3.22. The standard InChI is InChI=1S/C22H19ClN4O2S2/c23-17-10-5-11-18-20(17)30-22(26-18)19(13-14-6-4-7-15(12-14)21(24)25)27-31(28,29)16-8-2-1-3-9-16/h1-12,19,27H,13H2,(H3,24,25). The van der Waals surface area contributed by atoms with E-state index in [9.17, 15) is 8.42 Å². The van der Waals surface area contributed by atoms with Crippen molar-refractivity contribution in [2.24, 2.45) is 5.73 Å². The lowest BCUT2D eigenvalue weighted by Crippen LogP contribution is -2.30. The molecular formula is C22H19ClN4O2S2. The van der Waals surface area contributed by atoms with Crippen LogP contribution >= 0.6 is 22.9 Å². The predicted octanol–water partition coefficient (Wildman–Crippen LogP) is 4.50. The second-order valence-corrected chi connectivity index (χ2v) is 10.1. The molecule has 3 aromatic carbocycles. The van der Waals surface area contributed by atoms with Gasteiger partial charge < -0.3 is 5.73 Å². The molecule has 6 nitrogen and oxygen atoms in total. The molecule has 0 aliphatic carbocycles. The molecule has 4 N–H and O–H groups in total. The molecule has 0 fully saturated rings. The molecule has 0 saturated heterocycles. The number of hydrogen-bond donors (Lipinski definition) is 3. The zero-order valence-corrected chi connectivity index (χ0v) is 18.6. The molecule has 0 aliphatic rings. The van der Waals surface area contributed by atoms with Crippen LogP contribution in [0.4, 0.5) is 0 Å². The lowest BCUT2D eigenvalue weighted by Gasteiger charge is -2.17. The Hall–Kier alpha value is -2.78. The van der Waals surface area contributed by atoms with Gasteiger partial charge in [-0.15, -0.1) is 11.3 Å². The number of nitrogens with zero attached hydrogens (tertiary/aromatic N) is 1. The lowest BCUT2D eigenvalue weighted by molar-refractivity contribution is 0.554. The number of aromatic nitrogens is 1. The van der Waals surface area contributed by atoms with Gasteiger partial charge in [-0.2, -0.15) is 0 Å². The van der Waals surface area contributed by atoms with E-state index in [1.807, 2.05) is 18.2 Å². The van der Waals surface area contributed by atoms with Crippen molar-refractivity contribution in [2.45, 2.75) is 17.4 Å². The fourth-order valence-corrected chi connectivity index (χ4v) is 5.82. The van der Waals surface area contributed by atoms with Gasteiger partial charge in [-0.1, -0.05) is 54.1 Å². The molecule has 0 spiro atoms. The normalized spacial score (nSPS) is 12.7. The van der Waals surface area contributed by atoms with E-state index in [-0.39, 0.29) is 10.7 Å². The van der Waals surface area contributed by atoms with Crippen LogP contribution in [0.15, 0.2) is 77.7 Å². The van der Waals surface area contributed by atoms with Gasteiger partial charge in [0.25, 0.3) is 0 Å². The molecule has 4 rings (SSSR count). The van der Waals surface area contributed by atoms with E-state index in [2.05, 4.69) is 9.71 Å². The average molecular weight is 471 g/mol. The van der Waals surface area contributed by atoms with Gasteiger partial charge in [-0.25, -0.2) is 18.1 Å². The van der Waals surface area contributed by atoms with Crippen LogP contribution in [0.2, 0.25) is 5.02 Å². The minimum absolute atomic E-state index is 0.0463. The molecule has 0 aliphatic heterocycles. The summed E-state index contributed by atoms with van der Waals surface area (Å²) in [6.07, 6.45) is 0.338. The summed E-state index contributed by atoms with van der Waals surface area (Å²) in [7, 11) is -3.79. The van der Waals surface area contributed by atoms with E-state index in [0.29, 0.717) is 27.5 Å². The highest BCUT2D eigenvalue weighted by Gasteiger charge is 2.25. The van der Waals surface area contributed by atoms with Crippen molar-refractivity contribution in [1.29, 1.82) is 5.41 Å². The number of nitrogens with one attached hydrogen (secondary N) is 2. The predicted molar refractivity (Wildman–Crippen MR) is 125 cm³/mol. The van der Waals surface area contributed by atoms with Gasteiger partial charge in [0.2, 0.25) is 10.0 Å². The van der Waals surface area contributed by atoms with Crippen LogP contribution in [0.5, 0.6) is 0 Å². The van der Waals surface area contributed by atoms with Crippen LogP contribution < -0.4 is 10.5 Å². The van der Waals surface area contributed by atoms with Crippen LogP contribution in [-0.2, 0) is 16.4 Å². The van der Waals surface area contributed by atoms with Gasteiger partial charge in [0.1, 0.15) is 10.8 Å². The molecule has 0 amide bonds. The first-order valence-corrected chi connectivity index (χ1v) is 12.1. The Morgan fingerprint density at radius 3 is 2.55 bits per heavy atom. The largest absolute Gasteiger partial charge is 0.384 e. The summed E-state index contributed by atoms with van der Waals surface area (Å²) >= 11 is 7.67. The van der Waals surface area contributed by atoms with Gasteiger partial charge in [0.15, 0.2) is 0 Å². The van der Waals surface area contributed by atoms with Crippen LogP contribution in [0.3, 0.4) is 0 Å². The number of amidine groups is 1. The zero-order chi connectivity index (χ0) is 22.0. The molecule has 1 atom stereocenters. The van der Waals surface area contributed by atoms with Crippen molar-refractivity contribution < 1.29 is 8.42 Å². The quantitative estimate of drug-likeness (QED) is 0.273. The molecular weight excluding hydrogens is 452 g/mol. The number of nitrogens with two attached hydrogens (primary N) is 1. The topological polar surface area (TPSA) is 109 Å². The number of thiazole rings is 1. The Morgan fingerprint density at radius 1 is 1.10 bits per heavy atom. The first-order chi connectivity index (χ1) is 14.8. The Morgan fingerprint density at radius 2 is 1.84 bits per heavy atom. The zero-order valence-electron chi connectivity index (χ0n) is 16.2. The SMILES string of the molecule is N=C(N)c1cccc(CC(NS(=O)(=O)c2ccccc2)c2nc3cccc(Cl)c3s2)c1. The Labute approximate surface area is 189 Å². The van der Waals surface area contributed by atoms with Crippen LogP contribution in [0, 0.1) is 5.41 Å². The number of sulfonamides is 1. The summed E-state index contributed by atoms with van der Waals surface area (Å²) < 4.78 is 29.7. The van der Waals surface area contributed by atoms with Gasteiger partial charge >= 0.3 is 0 Å². The third-order valence-electron chi connectivity index (χ3n) is 4.71. The molecule has 1 unspecified atom stereocenters. The second kappa shape index (κ2) is 8.76. The third kappa shape index (κ3) is 4.77. The monoisotopic (exact) mass is 470 g/mol. The maximum atomic E-state index is 13.0. The van der Waals surface area contributed by atoms with Crippen molar-refractivity contribution in [3.05, 3.63) is 94.0 Å². The molecule has 31 heavy (non-hydrogen) atoms. The highest BCUT2D eigenvalue weighted by molar-refractivity contribution is 7.89. The highest BCUT2D eigenvalue weighted by atomic mass is 35.5. The Kier molecular flexibility index (Phi) is 6.06. The second-order valence-electron chi connectivity index (χ2n) is 6.95. The number of rotatable bonds is 7. The van der Waals surface area contributed by atoms with Gasteiger partial charge in [-0.3, -0.25) is 5.41 Å². The highest BCUT2D eigenvalue weighted by Crippen LogP contribution is 2.33. The maximum Gasteiger partial charge on any atom is 0.241 e.